The lowest BCUT2D eigenvalue weighted by Crippen LogP contribution is -2.56. The van der Waals surface area contributed by atoms with Crippen LogP contribution in [0.1, 0.15) is 29.1 Å². The van der Waals surface area contributed by atoms with Gasteiger partial charge in [-0.3, -0.25) is 4.79 Å². The number of hydrogen-bond donors (Lipinski definition) is 2. The summed E-state index contributed by atoms with van der Waals surface area (Å²) in [4.78, 5) is 24.0. The van der Waals surface area contributed by atoms with Crippen molar-refractivity contribution in [3.05, 3.63) is 47.6 Å². The third-order valence-corrected chi connectivity index (χ3v) is 5.09. The Morgan fingerprint density at radius 1 is 1.35 bits per heavy atom. The Morgan fingerprint density at radius 2 is 2.08 bits per heavy atom. The Hall–Kier alpha value is -2.55. The molecule has 2 aromatic rings. The summed E-state index contributed by atoms with van der Waals surface area (Å²) in [6.45, 7) is -0.109. The van der Waals surface area contributed by atoms with Gasteiger partial charge >= 0.3 is 5.97 Å². The van der Waals surface area contributed by atoms with Crippen molar-refractivity contribution in [2.75, 3.05) is 11.5 Å². The highest BCUT2D eigenvalue weighted by molar-refractivity contribution is 7.99. The van der Waals surface area contributed by atoms with Gasteiger partial charge in [0.15, 0.2) is 23.0 Å². The number of aromatic nitrogens is 1. The molecule has 0 saturated carbocycles. The minimum Gasteiger partial charge on any atom is -0.482 e. The van der Waals surface area contributed by atoms with Crippen LogP contribution in [0, 0.1) is 5.82 Å². The molecule has 0 bridgehead atoms. The molecule has 1 amide bonds. The molecule has 138 valence electrons. The number of amides is 1. The van der Waals surface area contributed by atoms with E-state index in [9.17, 15) is 19.1 Å². The number of aliphatic carboxylic acids is 1. The number of ether oxygens (including phenoxy) is 1. The minimum absolute atomic E-state index is 0.0454. The SMILES string of the molecule is O=C(NC1(C(=O)O)CCSCC1)c1cc(COc2ccccc2F)on1. The van der Waals surface area contributed by atoms with Crippen molar-refractivity contribution < 1.29 is 28.3 Å². The second-order valence-electron chi connectivity index (χ2n) is 5.85. The van der Waals surface area contributed by atoms with Crippen LogP contribution in [-0.2, 0) is 11.4 Å². The summed E-state index contributed by atoms with van der Waals surface area (Å²) in [6.07, 6.45) is 0.694. The molecule has 1 aliphatic rings. The molecule has 9 heteroatoms. The van der Waals surface area contributed by atoms with E-state index < -0.39 is 23.2 Å². The first kappa shape index (κ1) is 18.2. The number of nitrogens with zero attached hydrogens (tertiary/aromatic N) is 1. The standard InChI is InChI=1S/C17H17FN2O5S/c18-12-3-1-2-4-14(12)24-10-11-9-13(20-25-11)15(21)19-17(16(22)23)5-7-26-8-6-17/h1-4,9H,5-8,10H2,(H,19,21)(H,22,23). The van der Waals surface area contributed by atoms with E-state index in [0.29, 0.717) is 24.3 Å². The Bertz CT molecular complexity index is 804. The summed E-state index contributed by atoms with van der Waals surface area (Å²) >= 11 is 1.65. The number of thioether (sulfide) groups is 1. The zero-order chi connectivity index (χ0) is 18.6. The topological polar surface area (TPSA) is 102 Å². The predicted molar refractivity (Wildman–Crippen MR) is 91.6 cm³/mol. The van der Waals surface area contributed by atoms with Crippen molar-refractivity contribution in [1.29, 1.82) is 0 Å². The average molecular weight is 380 g/mol. The fraction of sp³-hybridized carbons (Fsp3) is 0.353. The fourth-order valence-electron chi connectivity index (χ4n) is 2.59. The Morgan fingerprint density at radius 3 is 2.77 bits per heavy atom. The zero-order valence-corrected chi connectivity index (χ0v) is 14.6. The highest BCUT2D eigenvalue weighted by atomic mass is 32.2. The van der Waals surface area contributed by atoms with Crippen molar-refractivity contribution >= 4 is 23.6 Å². The number of hydrogen-bond acceptors (Lipinski definition) is 6. The molecule has 0 atom stereocenters. The van der Waals surface area contributed by atoms with Crippen LogP contribution >= 0.6 is 11.8 Å². The van der Waals surface area contributed by atoms with Crippen LogP contribution < -0.4 is 10.1 Å². The molecule has 2 heterocycles. The van der Waals surface area contributed by atoms with Gasteiger partial charge in [-0.05, 0) is 36.5 Å². The van der Waals surface area contributed by atoms with Crippen molar-refractivity contribution in [3.8, 4) is 5.75 Å². The van der Waals surface area contributed by atoms with Gasteiger partial charge in [0.1, 0.15) is 12.1 Å². The number of benzene rings is 1. The van der Waals surface area contributed by atoms with Gasteiger partial charge in [0.05, 0.1) is 0 Å². The lowest BCUT2D eigenvalue weighted by Gasteiger charge is -2.33. The first-order valence-corrected chi connectivity index (χ1v) is 9.12. The number of halogens is 1. The summed E-state index contributed by atoms with van der Waals surface area (Å²) < 4.78 is 23.8. The largest absolute Gasteiger partial charge is 0.482 e. The number of nitrogens with one attached hydrogen (secondary N) is 1. The lowest BCUT2D eigenvalue weighted by molar-refractivity contribution is -0.144. The zero-order valence-electron chi connectivity index (χ0n) is 13.7. The minimum atomic E-state index is -1.29. The third kappa shape index (κ3) is 3.98. The van der Waals surface area contributed by atoms with E-state index in [1.807, 2.05) is 0 Å². The molecule has 1 aliphatic heterocycles. The van der Waals surface area contributed by atoms with Gasteiger partial charge in [-0.25, -0.2) is 9.18 Å². The van der Waals surface area contributed by atoms with Gasteiger partial charge < -0.3 is 19.7 Å². The highest BCUT2D eigenvalue weighted by Gasteiger charge is 2.41. The third-order valence-electron chi connectivity index (χ3n) is 4.11. The van der Waals surface area contributed by atoms with Gasteiger partial charge in [-0.2, -0.15) is 11.8 Å². The van der Waals surface area contributed by atoms with E-state index in [0.717, 1.165) is 0 Å². The van der Waals surface area contributed by atoms with Crippen molar-refractivity contribution in [2.45, 2.75) is 25.0 Å². The molecule has 1 fully saturated rings. The summed E-state index contributed by atoms with van der Waals surface area (Å²) in [5, 5.41) is 15.7. The smallest absolute Gasteiger partial charge is 0.329 e. The van der Waals surface area contributed by atoms with E-state index >= 15 is 0 Å². The second-order valence-corrected chi connectivity index (χ2v) is 7.08. The molecule has 1 saturated heterocycles. The number of para-hydroxylation sites is 1. The van der Waals surface area contributed by atoms with Crippen LogP contribution in [0.4, 0.5) is 4.39 Å². The molecule has 0 radical (unpaired) electrons. The monoisotopic (exact) mass is 380 g/mol. The number of rotatable bonds is 6. The van der Waals surface area contributed by atoms with E-state index in [4.69, 9.17) is 9.26 Å². The van der Waals surface area contributed by atoms with Crippen molar-refractivity contribution in [3.63, 3.8) is 0 Å². The van der Waals surface area contributed by atoms with Crippen LogP contribution in [0.25, 0.3) is 0 Å². The van der Waals surface area contributed by atoms with E-state index in [1.54, 1.807) is 23.9 Å². The Kier molecular flexibility index (Phi) is 5.46. The van der Waals surface area contributed by atoms with Gasteiger partial charge in [0.25, 0.3) is 5.91 Å². The highest BCUT2D eigenvalue weighted by Crippen LogP contribution is 2.28. The molecule has 0 spiro atoms. The van der Waals surface area contributed by atoms with Gasteiger partial charge in [0.2, 0.25) is 0 Å². The molecule has 2 N–H and O–H groups in total. The second kappa shape index (κ2) is 7.77. The van der Waals surface area contributed by atoms with Gasteiger partial charge in [-0.15, -0.1) is 0 Å². The fourth-order valence-corrected chi connectivity index (χ4v) is 3.78. The molecular formula is C17H17FN2O5S. The van der Waals surface area contributed by atoms with Crippen LogP contribution in [0.3, 0.4) is 0 Å². The molecule has 7 nitrogen and oxygen atoms in total. The van der Waals surface area contributed by atoms with Gasteiger partial charge in [0, 0.05) is 6.07 Å². The van der Waals surface area contributed by atoms with Crippen molar-refractivity contribution in [2.24, 2.45) is 0 Å². The first-order valence-electron chi connectivity index (χ1n) is 7.97. The van der Waals surface area contributed by atoms with Crippen LogP contribution in [0.2, 0.25) is 0 Å². The van der Waals surface area contributed by atoms with Crippen LogP contribution in [0.5, 0.6) is 5.75 Å². The molecule has 1 aromatic heterocycles. The maximum Gasteiger partial charge on any atom is 0.329 e. The molecule has 0 aliphatic carbocycles. The summed E-state index contributed by atoms with van der Waals surface area (Å²) in [5.74, 6) is -0.594. The first-order chi connectivity index (χ1) is 12.5. The molecule has 1 aromatic carbocycles. The van der Waals surface area contributed by atoms with E-state index in [1.165, 1.54) is 18.2 Å². The molecule has 26 heavy (non-hydrogen) atoms. The Labute approximate surface area is 152 Å². The summed E-state index contributed by atoms with van der Waals surface area (Å²) in [5.41, 5.74) is -1.33. The predicted octanol–water partition coefficient (Wildman–Crippen LogP) is 2.47. The quantitative estimate of drug-likeness (QED) is 0.794. The van der Waals surface area contributed by atoms with Crippen LogP contribution in [0.15, 0.2) is 34.9 Å². The van der Waals surface area contributed by atoms with E-state index in [-0.39, 0.29) is 23.8 Å². The number of carboxylic acids is 1. The number of carbonyl (C=O) groups excluding carboxylic acids is 1. The number of carbonyl (C=O) groups is 2. The molecule has 3 rings (SSSR count). The molecule has 0 unspecified atom stereocenters. The number of carboxylic acid groups (broad SMARTS) is 1. The van der Waals surface area contributed by atoms with Gasteiger partial charge in [-0.1, -0.05) is 17.3 Å². The van der Waals surface area contributed by atoms with Crippen LogP contribution in [-0.4, -0.2) is 39.2 Å². The maximum absolute atomic E-state index is 13.5. The van der Waals surface area contributed by atoms with E-state index in [2.05, 4.69) is 10.5 Å². The van der Waals surface area contributed by atoms with Crippen molar-refractivity contribution in [1.82, 2.24) is 10.5 Å². The maximum atomic E-state index is 13.5. The lowest BCUT2D eigenvalue weighted by atomic mass is 9.92. The average Bonchev–Trinajstić information content (AvgIpc) is 3.11. The summed E-state index contributed by atoms with van der Waals surface area (Å²) in [7, 11) is 0. The normalized spacial score (nSPS) is 16.0. The molecular weight excluding hydrogens is 363 g/mol. The summed E-state index contributed by atoms with van der Waals surface area (Å²) in [6, 6.07) is 7.26. The Balaban J connectivity index is 1.64.